The highest BCUT2D eigenvalue weighted by Crippen LogP contribution is 2.24. The first-order valence-corrected chi connectivity index (χ1v) is 8.44. The Morgan fingerprint density at radius 1 is 0.773 bits per heavy atom. The van der Waals surface area contributed by atoms with Crippen LogP contribution in [0.25, 0.3) is 0 Å². The highest BCUT2D eigenvalue weighted by molar-refractivity contribution is 7.91. The van der Waals surface area contributed by atoms with E-state index in [-0.39, 0.29) is 9.79 Å². The lowest BCUT2D eigenvalue weighted by molar-refractivity contribution is 0.594. The molecule has 1 aromatic heterocycles. The highest BCUT2D eigenvalue weighted by atomic mass is 32.2. The Bertz CT molecular complexity index is 860. The van der Waals surface area contributed by atoms with Gasteiger partial charge in [0.1, 0.15) is 0 Å². The van der Waals surface area contributed by atoms with E-state index in [1.54, 1.807) is 48.7 Å². The average Bonchev–Trinajstić information content (AvgIpc) is 2.57. The van der Waals surface area contributed by atoms with Gasteiger partial charge >= 0.3 is 0 Å². The lowest BCUT2D eigenvalue weighted by atomic mass is 10.1. The van der Waals surface area contributed by atoms with E-state index in [2.05, 4.69) is 4.98 Å². The fourth-order valence-corrected chi connectivity index (χ4v) is 3.78. The second kappa shape index (κ2) is 6.12. The van der Waals surface area contributed by atoms with Crippen LogP contribution in [0.5, 0.6) is 0 Å². The standard InChI is InChI=1S/C18H15NO2S/c20-22(21,16-10-5-2-6-11-16)18-12-7-13-19-17(18)14-15-8-3-1-4-9-15/h1-13H,14H2. The molecule has 2 aromatic carbocycles. The summed E-state index contributed by atoms with van der Waals surface area (Å²) in [6, 6.07) is 21.5. The predicted molar refractivity (Wildman–Crippen MR) is 85.4 cm³/mol. The molecule has 0 amide bonds. The van der Waals surface area contributed by atoms with E-state index in [0.717, 1.165) is 5.56 Å². The molecule has 0 aliphatic rings. The summed E-state index contributed by atoms with van der Waals surface area (Å²) >= 11 is 0. The van der Waals surface area contributed by atoms with Crippen molar-refractivity contribution in [2.75, 3.05) is 0 Å². The van der Waals surface area contributed by atoms with Crippen LogP contribution in [0, 0.1) is 0 Å². The minimum absolute atomic E-state index is 0.269. The van der Waals surface area contributed by atoms with Crippen molar-refractivity contribution in [1.82, 2.24) is 4.98 Å². The maximum absolute atomic E-state index is 12.8. The normalized spacial score (nSPS) is 11.3. The zero-order chi connectivity index (χ0) is 15.4. The van der Waals surface area contributed by atoms with Gasteiger partial charge in [0.25, 0.3) is 0 Å². The summed E-state index contributed by atoms with van der Waals surface area (Å²) in [5, 5.41) is 0. The number of sulfone groups is 1. The first-order chi connectivity index (χ1) is 10.7. The molecular weight excluding hydrogens is 294 g/mol. The van der Waals surface area contributed by atoms with Crippen LogP contribution in [-0.4, -0.2) is 13.4 Å². The topological polar surface area (TPSA) is 47.0 Å². The molecule has 0 atom stereocenters. The van der Waals surface area contributed by atoms with E-state index < -0.39 is 9.84 Å². The largest absolute Gasteiger partial charge is 0.260 e. The number of aromatic nitrogens is 1. The van der Waals surface area contributed by atoms with Crippen LogP contribution in [0.15, 0.2) is 88.8 Å². The molecule has 0 saturated carbocycles. The Hall–Kier alpha value is -2.46. The minimum atomic E-state index is -3.55. The summed E-state index contributed by atoms with van der Waals surface area (Å²) in [7, 11) is -3.55. The number of hydrogen-bond donors (Lipinski definition) is 0. The quantitative estimate of drug-likeness (QED) is 0.741. The number of nitrogens with zero attached hydrogens (tertiary/aromatic N) is 1. The van der Waals surface area contributed by atoms with Crippen molar-refractivity contribution in [3.8, 4) is 0 Å². The fourth-order valence-electron chi connectivity index (χ4n) is 2.32. The SMILES string of the molecule is O=S(=O)(c1ccccc1)c1cccnc1Cc1ccccc1. The fraction of sp³-hybridized carbons (Fsp3) is 0.0556. The maximum atomic E-state index is 12.8. The first-order valence-electron chi connectivity index (χ1n) is 6.96. The van der Waals surface area contributed by atoms with Crippen LogP contribution in [0.3, 0.4) is 0 Å². The van der Waals surface area contributed by atoms with E-state index in [9.17, 15) is 8.42 Å². The van der Waals surface area contributed by atoms with E-state index in [1.165, 1.54) is 0 Å². The van der Waals surface area contributed by atoms with Gasteiger partial charge in [0.05, 0.1) is 15.5 Å². The first kappa shape index (κ1) is 14.5. The van der Waals surface area contributed by atoms with Gasteiger partial charge in [-0.05, 0) is 29.8 Å². The van der Waals surface area contributed by atoms with Crippen molar-refractivity contribution in [3.05, 3.63) is 90.3 Å². The van der Waals surface area contributed by atoms with Crippen LogP contribution in [0.1, 0.15) is 11.3 Å². The van der Waals surface area contributed by atoms with Gasteiger partial charge < -0.3 is 0 Å². The third-order valence-corrected chi connectivity index (χ3v) is 5.25. The molecule has 4 heteroatoms. The molecule has 0 aliphatic heterocycles. The zero-order valence-corrected chi connectivity index (χ0v) is 12.7. The third-order valence-electron chi connectivity index (χ3n) is 3.41. The molecule has 1 heterocycles. The van der Waals surface area contributed by atoms with Gasteiger partial charge in [0, 0.05) is 12.6 Å². The molecule has 0 unspecified atom stereocenters. The summed E-state index contributed by atoms with van der Waals surface area (Å²) in [5.41, 5.74) is 1.60. The highest BCUT2D eigenvalue weighted by Gasteiger charge is 2.21. The molecule has 3 nitrogen and oxygen atoms in total. The van der Waals surface area contributed by atoms with Crippen LogP contribution in [-0.2, 0) is 16.3 Å². The van der Waals surface area contributed by atoms with Crippen LogP contribution < -0.4 is 0 Å². The van der Waals surface area contributed by atoms with Gasteiger partial charge in [0.2, 0.25) is 9.84 Å². The molecule has 3 aromatic rings. The monoisotopic (exact) mass is 309 g/mol. The van der Waals surface area contributed by atoms with Crippen molar-refractivity contribution < 1.29 is 8.42 Å². The van der Waals surface area contributed by atoms with Gasteiger partial charge in [-0.1, -0.05) is 48.5 Å². The van der Waals surface area contributed by atoms with Gasteiger partial charge in [-0.25, -0.2) is 8.42 Å². The van der Waals surface area contributed by atoms with Crippen molar-refractivity contribution >= 4 is 9.84 Å². The van der Waals surface area contributed by atoms with E-state index in [0.29, 0.717) is 12.1 Å². The van der Waals surface area contributed by atoms with E-state index >= 15 is 0 Å². The Labute approximate surface area is 130 Å². The molecule has 0 spiro atoms. The molecule has 0 fully saturated rings. The predicted octanol–water partition coefficient (Wildman–Crippen LogP) is 3.51. The number of rotatable bonds is 4. The molecule has 0 saturated heterocycles. The summed E-state index contributed by atoms with van der Waals surface area (Å²) in [6.07, 6.45) is 2.12. The Balaban J connectivity index is 2.05. The van der Waals surface area contributed by atoms with Crippen LogP contribution >= 0.6 is 0 Å². The molecule has 110 valence electrons. The molecule has 0 radical (unpaired) electrons. The maximum Gasteiger partial charge on any atom is 0.208 e. The lowest BCUT2D eigenvalue weighted by Gasteiger charge is -2.09. The summed E-state index contributed by atoms with van der Waals surface area (Å²) in [5.74, 6) is 0. The second-order valence-electron chi connectivity index (χ2n) is 4.93. The van der Waals surface area contributed by atoms with Gasteiger partial charge in [-0.15, -0.1) is 0 Å². The Morgan fingerprint density at radius 3 is 2.09 bits per heavy atom. The Kier molecular flexibility index (Phi) is 4.02. The van der Waals surface area contributed by atoms with Gasteiger partial charge in [0.15, 0.2) is 0 Å². The van der Waals surface area contributed by atoms with E-state index in [4.69, 9.17) is 0 Å². The van der Waals surface area contributed by atoms with E-state index in [1.807, 2.05) is 30.3 Å². The van der Waals surface area contributed by atoms with Gasteiger partial charge in [-0.3, -0.25) is 4.98 Å². The molecule has 3 rings (SSSR count). The van der Waals surface area contributed by atoms with Gasteiger partial charge in [-0.2, -0.15) is 0 Å². The molecule has 0 bridgehead atoms. The van der Waals surface area contributed by atoms with Crippen LogP contribution in [0.2, 0.25) is 0 Å². The number of benzene rings is 2. The minimum Gasteiger partial charge on any atom is -0.260 e. The van der Waals surface area contributed by atoms with Crippen molar-refractivity contribution in [2.24, 2.45) is 0 Å². The van der Waals surface area contributed by atoms with Crippen molar-refractivity contribution in [2.45, 2.75) is 16.2 Å². The molecule has 0 aliphatic carbocycles. The van der Waals surface area contributed by atoms with Crippen molar-refractivity contribution in [1.29, 1.82) is 0 Å². The Morgan fingerprint density at radius 2 is 1.41 bits per heavy atom. The molecule has 0 N–H and O–H groups in total. The van der Waals surface area contributed by atoms with Crippen LogP contribution in [0.4, 0.5) is 0 Å². The second-order valence-corrected chi connectivity index (χ2v) is 6.85. The lowest BCUT2D eigenvalue weighted by Crippen LogP contribution is -2.07. The average molecular weight is 309 g/mol. The molecule has 22 heavy (non-hydrogen) atoms. The smallest absolute Gasteiger partial charge is 0.208 e. The number of pyridine rings is 1. The number of hydrogen-bond acceptors (Lipinski definition) is 3. The molecular formula is C18H15NO2S. The summed E-state index contributed by atoms with van der Waals surface area (Å²) in [6.45, 7) is 0. The zero-order valence-electron chi connectivity index (χ0n) is 11.9. The van der Waals surface area contributed by atoms with Crippen molar-refractivity contribution in [3.63, 3.8) is 0 Å². The summed E-state index contributed by atoms with van der Waals surface area (Å²) < 4.78 is 25.6. The third kappa shape index (κ3) is 2.92. The summed E-state index contributed by atoms with van der Waals surface area (Å²) in [4.78, 5) is 4.84.